The second kappa shape index (κ2) is 6.83. The summed E-state index contributed by atoms with van der Waals surface area (Å²) in [4.78, 5) is 11.9. The number of hydrogen-bond acceptors (Lipinski definition) is 2. The zero-order valence-corrected chi connectivity index (χ0v) is 12.9. The van der Waals surface area contributed by atoms with Crippen molar-refractivity contribution in [2.24, 2.45) is 5.10 Å². The van der Waals surface area contributed by atoms with Gasteiger partial charge in [0.05, 0.1) is 5.71 Å². The summed E-state index contributed by atoms with van der Waals surface area (Å²) in [5.74, 6) is -0.152. The third-order valence-electron chi connectivity index (χ3n) is 3.62. The first kappa shape index (κ1) is 14.9. The number of hydrazone groups is 1. The normalized spacial score (nSPS) is 11.4. The van der Waals surface area contributed by atoms with Crippen molar-refractivity contribution in [3.63, 3.8) is 0 Å². The number of carbonyl (C=O) groups is 1. The summed E-state index contributed by atoms with van der Waals surface area (Å²) in [6, 6.07) is 20.0. The van der Waals surface area contributed by atoms with Crippen LogP contribution in [-0.2, 0) is 11.3 Å². The van der Waals surface area contributed by atoms with Gasteiger partial charge in [-0.2, -0.15) is 9.67 Å². The van der Waals surface area contributed by atoms with Crippen molar-refractivity contribution in [3.05, 3.63) is 78.6 Å². The van der Waals surface area contributed by atoms with Crippen LogP contribution in [-0.4, -0.2) is 11.6 Å². The van der Waals surface area contributed by atoms with Gasteiger partial charge in [0.15, 0.2) is 12.4 Å². The van der Waals surface area contributed by atoms with Gasteiger partial charge in [0, 0.05) is 12.1 Å². The average molecular weight is 304 g/mol. The molecule has 0 aliphatic carbocycles. The van der Waals surface area contributed by atoms with E-state index in [0.29, 0.717) is 0 Å². The Morgan fingerprint density at radius 1 is 1.00 bits per heavy atom. The maximum absolute atomic E-state index is 11.9. The number of nitrogens with zero attached hydrogens (tertiary/aromatic N) is 2. The SMILES string of the molecule is C/C(=N/NC(=O)C[n+]1ccccc1)c1ccc2ccccc2c1. The Hall–Kier alpha value is -3.01. The van der Waals surface area contributed by atoms with Crippen LogP contribution in [0.3, 0.4) is 0 Å². The van der Waals surface area contributed by atoms with Crippen molar-refractivity contribution >= 4 is 22.4 Å². The molecule has 0 atom stereocenters. The summed E-state index contributed by atoms with van der Waals surface area (Å²) in [7, 11) is 0. The molecule has 0 saturated carbocycles. The van der Waals surface area contributed by atoms with Crippen molar-refractivity contribution in [3.8, 4) is 0 Å². The monoisotopic (exact) mass is 304 g/mol. The molecule has 0 saturated heterocycles. The van der Waals surface area contributed by atoms with Crippen molar-refractivity contribution in [1.29, 1.82) is 0 Å². The number of aromatic nitrogens is 1. The first-order chi connectivity index (χ1) is 11.2. The fourth-order valence-electron chi connectivity index (χ4n) is 2.37. The van der Waals surface area contributed by atoms with Crippen LogP contribution in [0, 0.1) is 0 Å². The minimum absolute atomic E-state index is 0.152. The number of amides is 1. The molecule has 1 aromatic heterocycles. The van der Waals surface area contributed by atoms with Gasteiger partial charge in [-0.05, 0) is 29.3 Å². The van der Waals surface area contributed by atoms with Gasteiger partial charge in [-0.15, -0.1) is 0 Å². The molecule has 4 nitrogen and oxygen atoms in total. The van der Waals surface area contributed by atoms with E-state index in [2.05, 4.69) is 34.8 Å². The zero-order valence-electron chi connectivity index (χ0n) is 12.9. The van der Waals surface area contributed by atoms with Crippen LogP contribution in [0.15, 0.2) is 78.2 Å². The van der Waals surface area contributed by atoms with E-state index in [0.717, 1.165) is 16.7 Å². The number of hydrogen-bond donors (Lipinski definition) is 1. The fraction of sp³-hybridized carbons (Fsp3) is 0.105. The van der Waals surface area contributed by atoms with Gasteiger partial charge in [-0.3, -0.25) is 4.79 Å². The van der Waals surface area contributed by atoms with E-state index in [-0.39, 0.29) is 12.5 Å². The van der Waals surface area contributed by atoms with Crippen molar-refractivity contribution in [1.82, 2.24) is 5.43 Å². The molecule has 0 unspecified atom stereocenters. The Labute approximate surface area is 135 Å². The highest BCUT2D eigenvalue weighted by Crippen LogP contribution is 2.16. The molecule has 23 heavy (non-hydrogen) atoms. The molecule has 114 valence electrons. The molecule has 4 heteroatoms. The molecular formula is C19H18N3O+. The number of rotatable bonds is 4. The molecule has 1 amide bonds. The Kier molecular flexibility index (Phi) is 4.43. The molecule has 2 aromatic carbocycles. The lowest BCUT2D eigenvalue weighted by atomic mass is 10.0. The average Bonchev–Trinajstić information content (AvgIpc) is 2.60. The highest BCUT2D eigenvalue weighted by Gasteiger charge is 2.07. The number of carbonyl (C=O) groups excluding carboxylic acids is 1. The number of pyridine rings is 1. The van der Waals surface area contributed by atoms with Crippen LogP contribution < -0.4 is 9.99 Å². The lowest BCUT2D eigenvalue weighted by Crippen LogP contribution is -2.41. The Balaban J connectivity index is 1.69. The lowest BCUT2D eigenvalue weighted by Gasteiger charge is -2.04. The number of nitrogens with one attached hydrogen (secondary N) is 1. The summed E-state index contributed by atoms with van der Waals surface area (Å²) < 4.78 is 1.80. The first-order valence-electron chi connectivity index (χ1n) is 7.49. The van der Waals surface area contributed by atoms with Crippen LogP contribution in [0.5, 0.6) is 0 Å². The van der Waals surface area contributed by atoms with Crippen LogP contribution in [0.1, 0.15) is 12.5 Å². The standard InChI is InChI=1S/C19H17N3O/c1-15(17-10-9-16-7-3-4-8-18(16)13-17)20-21-19(23)14-22-11-5-2-6-12-22/h2-13H,14H2,1H3/p+1/b20-15-. The highest BCUT2D eigenvalue weighted by molar-refractivity contribution is 6.02. The molecular weight excluding hydrogens is 286 g/mol. The molecule has 0 radical (unpaired) electrons. The second-order valence-corrected chi connectivity index (χ2v) is 5.34. The van der Waals surface area contributed by atoms with Gasteiger partial charge >= 0.3 is 5.91 Å². The van der Waals surface area contributed by atoms with Crippen molar-refractivity contribution in [2.45, 2.75) is 13.5 Å². The van der Waals surface area contributed by atoms with E-state index in [1.165, 1.54) is 5.39 Å². The Morgan fingerprint density at radius 3 is 2.52 bits per heavy atom. The topological polar surface area (TPSA) is 45.3 Å². The second-order valence-electron chi connectivity index (χ2n) is 5.34. The minimum Gasteiger partial charge on any atom is -0.266 e. The van der Waals surface area contributed by atoms with Gasteiger partial charge in [-0.25, -0.2) is 5.43 Å². The van der Waals surface area contributed by atoms with E-state index >= 15 is 0 Å². The summed E-state index contributed by atoms with van der Waals surface area (Å²) >= 11 is 0. The summed E-state index contributed by atoms with van der Waals surface area (Å²) in [5.41, 5.74) is 4.38. The van der Waals surface area contributed by atoms with E-state index < -0.39 is 0 Å². The third kappa shape index (κ3) is 3.80. The summed E-state index contributed by atoms with van der Waals surface area (Å²) in [5, 5.41) is 6.55. The van der Waals surface area contributed by atoms with Crippen molar-refractivity contribution < 1.29 is 9.36 Å². The predicted molar refractivity (Wildman–Crippen MR) is 90.9 cm³/mol. The van der Waals surface area contributed by atoms with E-state index in [4.69, 9.17) is 0 Å². The van der Waals surface area contributed by atoms with E-state index in [1.54, 1.807) is 4.57 Å². The molecule has 0 aliphatic rings. The molecule has 0 aliphatic heterocycles. The van der Waals surface area contributed by atoms with Gasteiger partial charge in [0.25, 0.3) is 0 Å². The van der Waals surface area contributed by atoms with Crippen LogP contribution >= 0.6 is 0 Å². The van der Waals surface area contributed by atoms with Gasteiger partial charge in [-0.1, -0.05) is 42.5 Å². The Bertz CT molecular complexity index is 857. The number of benzene rings is 2. The van der Waals surface area contributed by atoms with Crippen LogP contribution in [0.2, 0.25) is 0 Å². The molecule has 3 aromatic rings. The third-order valence-corrected chi connectivity index (χ3v) is 3.62. The minimum atomic E-state index is -0.152. The lowest BCUT2D eigenvalue weighted by molar-refractivity contribution is -0.684. The number of fused-ring (bicyclic) bond motifs is 1. The molecule has 0 fully saturated rings. The van der Waals surface area contributed by atoms with E-state index in [1.807, 2.05) is 55.7 Å². The maximum atomic E-state index is 11.9. The van der Waals surface area contributed by atoms with Gasteiger partial charge in [0.2, 0.25) is 6.54 Å². The first-order valence-corrected chi connectivity index (χ1v) is 7.49. The highest BCUT2D eigenvalue weighted by atomic mass is 16.2. The van der Waals surface area contributed by atoms with Crippen LogP contribution in [0.25, 0.3) is 10.8 Å². The fourth-order valence-corrected chi connectivity index (χ4v) is 2.37. The van der Waals surface area contributed by atoms with Gasteiger partial charge < -0.3 is 0 Å². The summed E-state index contributed by atoms with van der Waals surface area (Å²) in [6.07, 6.45) is 3.69. The largest absolute Gasteiger partial charge is 0.305 e. The molecule has 0 bridgehead atoms. The van der Waals surface area contributed by atoms with Crippen molar-refractivity contribution in [2.75, 3.05) is 0 Å². The van der Waals surface area contributed by atoms with Gasteiger partial charge in [0.1, 0.15) is 0 Å². The molecule has 3 rings (SSSR count). The predicted octanol–water partition coefficient (Wildman–Crippen LogP) is 2.67. The van der Waals surface area contributed by atoms with E-state index in [9.17, 15) is 4.79 Å². The van der Waals surface area contributed by atoms with Crippen LogP contribution in [0.4, 0.5) is 0 Å². The Morgan fingerprint density at radius 2 is 1.74 bits per heavy atom. The maximum Gasteiger partial charge on any atom is 0.305 e. The molecule has 1 N–H and O–H groups in total. The quantitative estimate of drug-likeness (QED) is 0.449. The smallest absolute Gasteiger partial charge is 0.266 e. The summed E-state index contributed by atoms with van der Waals surface area (Å²) in [6.45, 7) is 2.13. The molecule has 1 heterocycles. The molecule has 0 spiro atoms. The zero-order chi connectivity index (χ0) is 16.1.